The lowest BCUT2D eigenvalue weighted by atomic mass is 9.90. The van der Waals surface area contributed by atoms with Crippen LogP contribution in [0.3, 0.4) is 0 Å². The molecule has 0 saturated carbocycles. The monoisotopic (exact) mass is 310 g/mol. The number of benzene rings is 1. The van der Waals surface area contributed by atoms with E-state index in [2.05, 4.69) is 30.3 Å². The van der Waals surface area contributed by atoms with Crippen LogP contribution in [-0.4, -0.2) is 30.4 Å². The van der Waals surface area contributed by atoms with Gasteiger partial charge in [-0.25, -0.2) is 0 Å². The highest BCUT2D eigenvalue weighted by molar-refractivity contribution is 5.85. The van der Waals surface area contributed by atoms with E-state index in [0.29, 0.717) is 13.0 Å². The summed E-state index contributed by atoms with van der Waals surface area (Å²) >= 11 is 0. The van der Waals surface area contributed by atoms with E-state index in [0.717, 1.165) is 44.7 Å². The molecule has 1 aromatic carbocycles. The van der Waals surface area contributed by atoms with Gasteiger partial charge in [0, 0.05) is 19.5 Å². The second kappa shape index (κ2) is 9.80. The third-order valence-corrected chi connectivity index (χ3v) is 4.25. The van der Waals surface area contributed by atoms with Crippen molar-refractivity contribution >= 4 is 18.3 Å². The number of halogens is 1. The van der Waals surface area contributed by atoms with Crippen molar-refractivity contribution in [2.45, 2.75) is 38.5 Å². The van der Waals surface area contributed by atoms with Crippen LogP contribution in [0.5, 0.6) is 0 Å². The molecule has 1 aromatic rings. The number of amides is 1. The van der Waals surface area contributed by atoms with Crippen molar-refractivity contribution < 1.29 is 4.79 Å². The average molecular weight is 311 g/mol. The number of hydrogen-bond acceptors (Lipinski definition) is 2. The maximum atomic E-state index is 11.9. The highest BCUT2D eigenvalue weighted by Crippen LogP contribution is 2.22. The highest BCUT2D eigenvalue weighted by atomic mass is 35.5. The molecule has 1 aliphatic heterocycles. The van der Waals surface area contributed by atoms with Crippen LogP contribution in [0.2, 0.25) is 0 Å². The first-order chi connectivity index (χ1) is 9.79. The van der Waals surface area contributed by atoms with E-state index in [4.69, 9.17) is 5.73 Å². The summed E-state index contributed by atoms with van der Waals surface area (Å²) in [4.78, 5) is 13.9. The lowest BCUT2D eigenvalue weighted by Crippen LogP contribution is -2.38. The van der Waals surface area contributed by atoms with Crippen molar-refractivity contribution in [2.75, 3.05) is 19.6 Å². The summed E-state index contributed by atoms with van der Waals surface area (Å²) in [7, 11) is 0. The SMILES string of the molecule is Cl.NCCCC(=O)N1CCC(CCc2ccccc2)CC1. The zero-order valence-corrected chi connectivity index (χ0v) is 13.5. The van der Waals surface area contributed by atoms with Gasteiger partial charge in [-0.1, -0.05) is 30.3 Å². The summed E-state index contributed by atoms with van der Waals surface area (Å²) < 4.78 is 0. The summed E-state index contributed by atoms with van der Waals surface area (Å²) in [6, 6.07) is 10.7. The molecule has 0 aliphatic carbocycles. The molecule has 0 unspecified atom stereocenters. The molecule has 118 valence electrons. The maximum Gasteiger partial charge on any atom is 0.222 e. The molecule has 2 rings (SSSR count). The molecular weight excluding hydrogens is 284 g/mol. The fourth-order valence-corrected chi connectivity index (χ4v) is 2.90. The molecule has 0 spiro atoms. The second-order valence-corrected chi connectivity index (χ2v) is 5.74. The van der Waals surface area contributed by atoms with Crippen LogP contribution in [0.4, 0.5) is 0 Å². The summed E-state index contributed by atoms with van der Waals surface area (Å²) in [5.41, 5.74) is 6.88. The molecule has 0 atom stereocenters. The van der Waals surface area contributed by atoms with Crippen molar-refractivity contribution in [1.29, 1.82) is 0 Å². The fourth-order valence-electron chi connectivity index (χ4n) is 2.90. The van der Waals surface area contributed by atoms with Crippen LogP contribution in [0, 0.1) is 5.92 Å². The van der Waals surface area contributed by atoms with Gasteiger partial charge in [-0.2, -0.15) is 0 Å². The van der Waals surface area contributed by atoms with Gasteiger partial charge in [-0.3, -0.25) is 4.79 Å². The van der Waals surface area contributed by atoms with Crippen LogP contribution in [0.15, 0.2) is 30.3 Å². The largest absolute Gasteiger partial charge is 0.343 e. The number of likely N-dealkylation sites (tertiary alicyclic amines) is 1. The van der Waals surface area contributed by atoms with Crippen LogP contribution < -0.4 is 5.73 Å². The van der Waals surface area contributed by atoms with Crippen molar-refractivity contribution in [3.63, 3.8) is 0 Å². The molecule has 3 nitrogen and oxygen atoms in total. The first kappa shape index (κ1) is 18.0. The average Bonchev–Trinajstić information content (AvgIpc) is 2.52. The Morgan fingerprint density at radius 2 is 1.86 bits per heavy atom. The third kappa shape index (κ3) is 6.06. The quantitative estimate of drug-likeness (QED) is 0.878. The Morgan fingerprint density at radius 3 is 2.48 bits per heavy atom. The van der Waals surface area contributed by atoms with Gasteiger partial charge in [0.1, 0.15) is 0 Å². The van der Waals surface area contributed by atoms with Gasteiger partial charge in [0.2, 0.25) is 5.91 Å². The summed E-state index contributed by atoms with van der Waals surface area (Å²) in [6.45, 7) is 2.48. The number of rotatable bonds is 6. The van der Waals surface area contributed by atoms with E-state index >= 15 is 0 Å². The molecule has 1 aliphatic rings. The zero-order valence-electron chi connectivity index (χ0n) is 12.7. The van der Waals surface area contributed by atoms with E-state index in [1.54, 1.807) is 0 Å². The third-order valence-electron chi connectivity index (χ3n) is 4.25. The maximum absolute atomic E-state index is 11.9. The van der Waals surface area contributed by atoms with E-state index < -0.39 is 0 Å². The number of piperidine rings is 1. The number of carbonyl (C=O) groups excluding carboxylic acids is 1. The van der Waals surface area contributed by atoms with E-state index in [1.165, 1.54) is 12.0 Å². The van der Waals surface area contributed by atoms with Gasteiger partial charge in [-0.15, -0.1) is 12.4 Å². The molecule has 4 heteroatoms. The minimum Gasteiger partial charge on any atom is -0.343 e. The zero-order chi connectivity index (χ0) is 14.2. The molecule has 0 aromatic heterocycles. The van der Waals surface area contributed by atoms with Gasteiger partial charge in [-0.05, 0) is 50.1 Å². The molecule has 1 heterocycles. The molecule has 21 heavy (non-hydrogen) atoms. The standard InChI is InChI=1S/C17H26N2O.ClH/c18-12-4-7-17(20)19-13-10-16(11-14-19)9-8-15-5-2-1-3-6-15;/h1-3,5-6,16H,4,7-14,18H2;1H. The number of carbonyl (C=O) groups is 1. The van der Waals surface area contributed by atoms with Gasteiger partial charge in [0.05, 0.1) is 0 Å². The predicted octanol–water partition coefficient (Wildman–Crippen LogP) is 3.02. The second-order valence-electron chi connectivity index (χ2n) is 5.74. The Kier molecular flexibility index (Phi) is 8.40. The number of nitrogens with zero attached hydrogens (tertiary/aromatic N) is 1. The van der Waals surface area contributed by atoms with E-state index in [9.17, 15) is 4.79 Å². The Morgan fingerprint density at radius 1 is 1.19 bits per heavy atom. The number of nitrogens with two attached hydrogens (primary N) is 1. The first-order valence-corrected chi connectivity index (χ1v) is 7.81. The molecule has 1 saturated heterocycles. The van der Waals surface area contributed by atoms with Gasteiger partial charge < -0.3 is 10.6 Å². The van der Waals surface area contributed by atoms with Crippen molar-refractivity contribution in [3.05, 3.63) is 35.9 Å². The normalized spacial score (nSPS) is 15.6. The molecule has 0 bridgehead atoms. The van der Waals surface area contributed by atoms with E-state index in [1.807, 2.05) is 4.90 Å². The lowest BCUT2D eigenvalue weighted by molar-refractivity contribution is -0.132. The van der Waals surface area contributed by atoms with Gasteiger partial charge in [0.25, 0.3) is 0 Å². The van der Waals surface area contributed by atoms with Crippen molar-refractivity contribution in [2.24, 2.45) is 11.7 Å². The van der Waals surface area contributed by atoms with Crippen molar-refractivity contribution in [3.8, 4) is 0 Å². The smallest absolute Gasteiger partial charge is 0.222 e. The Balaban J connectivity index is 0.00000220. The summed E-state index contributed by atoms with van der Waals surface area (Å²) in [5.74, 6) is 1.06. The molecule has 1 amide bonds. The van der Waals surface area contributed by atoms with Gasteiger partial charge >= 0.3 is 0 Å². The van der Waals surface area contributed by atoms with Crippen LogP contribution in [-0.2, 0) is 11.2 Å². The van der Waals surface area contributed by atoms with Gasteiger partial charge in [0.15, 0.2) is 0 Å². The fraction of sp³-hybridized carbons (Fsp3) is 0.588. The first-order valence-electron chi connectivity index (χ1n) is 7.81. The Bertz CT molecular complexity index is 403. The topological polar surface area (TPSA) is 46.3 Å². The molecule has 1 fully saturated rings. The van der Waals surface area contributed by atoms with Crippen LogP contribution in [0.1, 0.15) is 37.7 Å². The minimum atomic E-state index is 0. The highest BCUT2D eigenvalue weighted by Gasteiger charge is 2.21. The summed E-state index contributed by atoms with van der Waals surface area (Å²) in [6.07, 6.45) is 6.14. The molecular formula is C17H27ClN2O. The lowest BCUT2D eigenvalue weighted by Gasteiger charge is -2.32. The predicted molar refractivity (Wildman–Crippen MR) is 89.6 cm³/mol. The van der Waals surface area contributed by atoms with Crippen LogP contribution in [0.25, 0.3) is 0 Å². The van der Waals surface area contributed by atoms with E-state index in [-0.39, 0.29) is 18.3 Å². The van der Waals surface area contributed by atoms with Crippen LogP contribution >= 0.6 is 12.4 Å². The summed E-state index contributed by atoms with van der Waals surface area (Å²) in [5, 5.41) is 0. The minimum absolute atomic E-state index is 0. The number of hydrogen-bond donors (Lipinski definition) is 1. The van der Waals surface area contributed by atoms with Crippen molar-refractivity contribution in [1.82, 2.24) is 4.90 Å². The Hall–Kier alpha value is -1.06. The molecule has 2 N–H and O–H groups in total. The number of aryl methyl sites for hydroxylation is 1. The Labute approximate surface area is 134 Å². The molecule has 0 radical (unpaired) electrons.